The van der Waals surface area contributed by atoms with Crippen molar-refractivity contribution in [1.29, 1.82) is 0 Å². The van der Waals surface area contributed by atoms with Crippen LogP contribution in [-0.2, 0) is 53.6 Å². The summed E-state index contributed by atoms with van der Waals surface area (Å²) in [6.07, 6.45) is 1.99. The number of aromatic nitrogens is 2. The van der Waals surface area contributed by atoms with E-state index in [0.29, 0.717) is 0 Å². The van der Waals surface area contributed by atoms with Crippen molar-refractivity contribution in [3.63, 3.8) is 0 Å². The summed E-state index contributed by atoms with van der Waals surface area (Å²) in [6, 6.07) is 53.2. The summed E-state index contributed by atoms with van der Waals surface area (Å²) < 4.78 is 2.32. The second-order valence-corrected chi connectivity index (χ2v) is 25.8. The van der Waals surface area contributed by atoms with Crippen LogP contribution in [0.4, 0.5) is 34.1 Å². The number of para-hydroxylation sites is 2. The quantitative estimate of drug-likeness (QED) is 0.149. The average Bonchev–Trinajstić information content (AvgIpc) is 3.85. The number of hydrogen-bond donors (Lipinski definition) is 0. The molecule has 0 aliphatic carbocycles. The normalized spacial score (nSPS) is 13.8. The maximum Gasteiger partial charge on any atom is 0.135 e. The fourth-order valence-corrected chi connectivity index (χ4v) is 9.82. The van der Waals surface area contributed by atoms with E-state index in [-0.39, 0.29) is 53.6 Å². The molecule has 2 aromatic heterocycles. The van der Waals surface area contributed by atoms with Crippen molar-refractivity contribution in [3.8, 4) is 5.82 Å². The van der Waals surface area contributed by atoms with E-state index >= 15 is 0 Å². The molecule has 72 heavy (non-hydrogen) atoms. The summed E-state index contributed by atoms with van der Waals surface area (Å²) in [5.74, 6) is 0.877. The van der Waals surface area contributed by atoms with E-state index < -0.39 is 0 Å². The van der Waals surface area contributed by atoms with Crippen molar-refractivity contribution < 1.29 is 21.1 Å². The zero-order valence-electron chi connectivity index (χ0n) is 46.3. The molecule has 0 unspecified atom stereocenters. The van der Waals surface area contributed by atoms with Crippen LogP contribution in [0.25, 0.3) is 27.6 Å². The molecule has 0 radical (unpaired) electrons. The molecule has 5 nitrogen and oxygen atoms in total. The molecular formula is C66H76N5Pt-3. The molecule has 6 heteroatoms. The second-order valence-electron chi connectivity index (χ2n) is 25.8. The molecule has 0 saturated carbocycles. The Morgan fingerprint density at radius 1 is 0.458 bits per heavy atom. The van der Waals surface area contributed by atoms with Gasteiger partial charge >= 0.3 is 0 Å². The van der Waals surface area contributed by atoms with E-state index in [1.807, 2.05) is 6.20 Å². The Kier molecular flexibility index (Phi) is 13.4. The van der Waals surface area contributed by atoms with E-state index in [1.165, 1.54) is 44.3 Å². The van der Waals surface area contributed by atoms with Crippen LogP contribution < -0.4 is 14.7 Å². The first-order valence-electron chi connectivity index (χ1n) is 25.6. The first-order chi connectivity index (χ1) is 33.0. The molecule has 1 aliphatic heterocycles. The molecular weight excluding hydrogens is 1060 g/mol. The molecule has 0 N–H and O–H groups in total. The van der Waals surface area contributed by atoms with Crippen molar-refractivity contribution in [1.82, 2.24) is 9.55 Å². The number of pyridine rings is 1. The number of benzene rings is 6. The Morgan fingerprint density at radius 3 is 1.56 bits per heavy atom. The van der Waals surface area contributed by atoms with Crippen LogP contribution in [0, 0.1) is 18.8 Å². The van der Waals surface area contributed by atoms with Gasteiger partial charge in [-0.15, -0.1) is 48.1 Å². The maximum absolute atomic E-state index is 5.15. The molecule has 6 aromatic carbocycles. The summed E-state index contributed by atoms with van der Waals surface area (Å²) in [5.41, 5.74) is 17.2. The van der Waals surface area contributed by atoms with Gasteiger partial charge in [-0.25, -0.2) is 4.98 Å². The molecule has 3 heterocycles. The summed E-state index contributed by atoms with van der Waals surface area (Å²) in [7, 11) is 2.12. The Labute approximate surface area is 447 Å². The van der Waals surface area contributed by atoms with Crippen LogP contribution in [0.2, 0.25) is 0 Å². The first-order valence-corrected chi connectivity index (χ1v) is 25.6. The van der Waals surface area contributed by atoms with Gasteiger partial charge in [-0.2, -0.15) is 12.1 Å². The number of nitrogens with zero attached hydrogens (tertiary/aromatic N) is 5. The Morgan fingerprint density at radius 2 is 0.986 bits per heavy atom. The van der Waals surface area contributed by atoms with Gasteiger partial charge in [-0.3, -0.25) is 0 Å². The van der Waals surface area contributed by atoms with Crippen molar-refractivity contribution in [2.45, 2.75) is 150 Å². The number of anilines is 6. The molecule has 0 bridgehead atoms. The smallest absolute Gasteiger partial charge is 0.135 e. The average molecular weight is 1130 g/mol. The van der Waals surface area contributed by atoms with E-state index in [9.17, 15) is 0 Å². The van der Waals surface area contributed by atoms with Gasteiger partial charge in [0.15, 0.2) is 0 Å². The minimum atomic E-state index is -0.302. The molecule has 378 valence electrons. The third-order valence-electron chi connectivity index (χ3n) is 14.9. The summed E-state index contributed by atoms with van der Waals surface area (Å²) >= 11 is 0. The molecule has 8 aromatic rings. The van der Waals surface area contributed by atoms with Gasteiger partial charge in [0.1, 0.15) is 5.82 Å². The largest absolute Gasteiger partial charge is 0.493 e. The maximum atomic E-state index is 5.15. The minimum Gasteiger partial charge on any atom is -0.493 e. The number of hydrogen-bond acceptors (Lipinski definition) is 4. The van der Waals surface area contributed by atoms with Crippen molar-refractivity contribution >= 4 is 55.9 Å². The zero-order chi connectivity index (χ0) is 51.4. The number of fused-ring (bicyclic) bond motifs is 4. The molecule has 0 amide bonds. The van der Waals surface area contributed by atoms with Crippen LogP contribution >= 0.6 is 0 Å². The van der Waals surface area contributed by atoms with Gasteiger partial charge < -0.3 is 19.3 Å². The predicted molar refractivity (Wildman–Crippen MR) is 304 cm³/mol. The monoisotopic (exact) mass is 1130 g/mol. The summed E-state index contributed by atoms with van der Waals surface area (Å²) in [6.45, 7) is 41.5. The molecule has 0 atom stereocenters. The molecule has 0 saturated heterocycles. The number of rotatable bonds is 7. The van der Waals surface area contributed by atoms with Gasteiger partial charge in [0.05, 0.1) is 0 Å². The Bertz CT molecular complexity index is 3250. The van der Waals surface area contributed by atoms with Crippen LogP contribution in [0.5, 0.6) is 0 Å². The van der Waals surface area contributed by atoms with Gasteiger partial charge in [0, 0.05) is 62.3 Å². The minimum absolute atomic E-state index is 0. The zero-order valence-corrected chi connectivity index (χ0v) is 48.5. The van der Waals surface area contributed by atoms with Crippen LogP contribution in [-0.4, -0.2) is 16.6 Å². The third kappa shape index (κ3) is 9.92. The fraction of sp³-hybridized carbons (Fsp3) is 0.364. The van der Waals surface area contributed by atoms with Crippen molar-refractivity contribution in [3.05, 3.63) is 185 Å². The second kappa shape index (κ2) is 18.4. The molecule has 0 fully saturated rings. The topological polar surface area (TPSA) is 27.5 Å². The van der Waals surface area contributed by atoms with Gasteiger partial charge in [0.2, 0.25) is 0 Å². The SMILES string of the molecule is CN(c1[c-]c(N2[CH-]N(c3cc(C(C)(C)C)cc(C(C)(C)C)c3)c3ccccc32)ccc1)c1[c-]c2c(cc1)c1cc(C(C)(C)C)ccc1n2-c1cc(C(C)(C)c2cc(C(C)(C)C)cc(C(C)(C)C)c2)ccn1.[Pt]. The summed E-state index contributed by atoms with van der Waals surface area (Å²) in [4.78, 5) is 12.0. The standard InChI is InChI=1S/C66H76N5.Pt/c1-61(2,3)43-26-29-56-55(38-43)54-28-27-51(41-59(54)71(56)60-39-44(30-31-67-60)66(16,17)49-34-45(62(4,5)6)32-46(35-49)63(7,8)9)68(18)50-22-21-23-52(40-50)69-42-70(58-25-20-19-24-57(58)69)53-36-47(64(10,11)12)33-48(37-53)65(13,14)15;/h19-39,42H,1-18H3;/q-3;. The molecule has 0 spiro atoms. The fourth-order valence-electron chi connectivity index (χ4n) is 9.82. The Balaban J connectivity index is 0.00000693. The van der Waals surface area contributed by atoms with Crippen LogP contribution in [0.15, 0.2) is 128 Å². The van der Waals surface area contributed by atoms with Gasteiger partial charge in [-0.05, 0) is 114 Å². The van der Waals surface area contributed by atoms with Crippen LogP contribution in [0.1, 0.15) is 157 Å². The summed E-state index contributed by atoms with van der Waals surface area (Å²) in [5, 5.41) is 2.34. The molecule has 9 rings (SSSR count). The van der Waals surface area contributed by atoms with Crippen LogP contribution in [0.3, 0.4) is 0 Å². The van der Waals surface area contributed by atoms with Gasteiger partial charge in [-0.1, -0.05) is 183 Å². The predicted octanol–water partition coefficient (Wildman–Crippen LogP) is 17.8. The Hall–Kier alpha value is -5.64. The third-order valence-corrected chi connectivity index (χ3v) is 14.9. The van der Waals surface area contributed by atoms with Gasteiger partial charge in [0.25, 0.3) is 0 Å². The van der Waals surface area contributed by atoms with E-state index in [0.717, 1.165) is 56.4 Å². The van der Waals surface area contributed by atoms with E-state index in [1.54, 1.807) is 0 Å². The van der Waals surface area contributed by atoms with E-state index in [4.69, 9.17) is 4.98 Å². The van der Waals surface area contributed by atoms with Crippen molar-refractivity contribution in [2.75, 3.05) is 21.7 Å². The molecule has 1 aliphatic rings. The first kappa shape index (κ1) is 52.7. The van der Waals surface area contributed by atoms with E-state index in [2.05, 4.69) is 284 Å². The van der Waals surface area contributed by atoms with Crippen molar-refractivity contribution in [2.24, 2.45) is 0 Å².